The summed E-state index contributed by atoms with van der Waals surface area (Å²) < 4.78 is 5.40. The molecule has 0 bridgehead atoms. The number of aryl methyl sites for hydroxylation is 2. The van der Waals surface area contributed by atoms with Gasteiger partial charge < -0.3 is 9.73 Å². The normalized spacial score (nSPS) is 10.6. The number of nitrogens with zero attached hydrogens (tertiary/aromatic N) is 1. The molecule has 0 radical (unpaired) electrons. The van der Waals surface area contributed by atoms with Crippen molar-refractivity contribution in [3.8, 4) is 0 Å². The SMILES string of the molecule is Cc1nc(CNC(=O)CSCc2ccc(Cl)cc2)oc1C. The van der Waals surface area contributed by atoms with Gasteiger partial charge in [0.2, 0.25) is 11.8 Å². The number of oxazole rings is 1. The summed E-state index contributed by atoms with van der Waals surface area (Å²) in [7, 11) is 0. The predicted octanol–water partition coefficient (Wildman–Crippen LogP) is 3.49. The van der Waals surface area contributed by atoms with Gasteiger partial charge in [-0.05, 0) is 31.5 Å². The molecule has 0 spiro atoms. The van der Waals surface area contributed by atoms with E-state index in [0.29, 0.717) is 18.2 Å². The molecule has 0 aliphatic heterocycles. The van der Waals surface area contributed by atoms with Crippen molar-refractivity contribution in [2.24, 2.45) is 0 Å². The highest BCUT2D eigenvalue weighted by atomic mass is 35.5. The average molecular weight is 325 g/mol. The van der Waals surface area contributed by atoms with Gasteiger partial charge in [0.05, 0.1) is 18.0 Å². The number of nitrogens with one attached hydrogen (secondary N) is 1. The first-order valence-corrected chi connectivity index (χ1v) is 8.09. The van der Waals surface area contributed by atoms with Gasteiger partial charge >= 0.3 is 0 Å². The zero-order valence-corrected chi connectivity index (χ0v) is 13.6. The van der Waals surface area contributed by atoms with Crippen LogP contribution in [0, 0.1) is 13.8 Å². The highest BCUT2D eigenvalue weighted by Crippen LogP contribution is 2.15. The first-order valence-electron chi connectivity index (χ1n) is 6.56. The summed E-state index contributed by atoms with van der Waals surface area (Å²) in [4.78, 5) is 15.9. The zero-order valence-electron chi connectivity index (χ0n) is 12.0. The van der Waals surface area contributed by atoms with Crippen LogP contribution in [0.2, 0.25) is 5.02 Å². The monoisotopic (exact) mass is 324 g/mol. The zero-order chi connectivity index (χ0) is 15.2. The number of benzene rings is 1. The van der Waals surface area contributed by atoms with Crippen molar-refractivity contribution >= 4 is 29.3 Å². The Bertz CT molecular complexity index is 591. The molecule has 2 aromatic rings. The molecule has 1 aromatic heterocycles. The van der Waals surface area contributed by atoms with E-state index in [1.54, 1.807) is 11.8 Å². The van der Waals surface area contributed by atoms with Crippen molar-refractivity contribution in [1.82, 2.24) is 10.3 Å². The molecule has 0 atom stereocenters. The topological polar surface area (TPSA) is 55.1 Å². The lowest BCUT2D eigenvalue weighted by molar-refractivity contribution is -0.118. The quantitative estimate of drug-likeness (QED) is 0.883. The van der Waals surface area contributed by atoms with Crippen LogP contribution in [0.4, 0.5) is 0 Å². The molecule has 112 valence electrons. The summed E-state index contributed by atoms with van der Waals surface area (Å²) in [6, 6.07) is 7.63. The van der Waals surface area contributed by atoms with E-state index in [1.165, 1.54) is 0 Å². The largest absolute Gasteiger partial charge is 0.444 e. The van der Waals surface area contributed by atoms with Crippen LogP contribution in [0.1, 0.15) is 22.9 Å². The number of hydrogen-bond acceptors (Lipinski definition) is 4. The van der Waals surface area contributed by atoms with Crippen LogP contribution in [-0.4, -0.2) is 16.6 Å². The van der Waals surface area contributed by atoms with Crippen LogP contribution < -0.4 is 5.32 Å². The highest BCUT2D eigenvalue weighted by molar-refractivity contribution is 7.99. The molecule has 0 fully saturated rings. The number of hydrogen-bond donors (Lipinski definition) is 1. The lowest BCUT2D eigenvalue weighted by atomic mass is 10.2. The molecule has 0 saturated heterocycles. The Balaban J connectivity index is 1.69. The van der Waals surface area contributed by atoms with Crippen LogP contribution in [0.3, 0.4) is 0 Å². The van der Waals surface area contributed by atoms with Crippen LogP contribution in [0.15, 0.2) is 28.7 Å². The summed E-state index contributed by atoms with van der Waals surface area (Å²) in [6.07, 6.45) is 0. The third-order valence-electron chi connectivity index (χ3n) is 2.92. The minimum absolute atomic E-state index is 0.0255. The molecule has 2 rings (SSSR count). The molecular formula is C15H17ClN2O2S. The van der Waals surface area contributed by atoms with Crippen molar-refractivity contribution < 1.29 is 9.21 Å². The van der Waals surface area contributed by atoms with Gasteiger partial charge in [0.25, 0.3) is 0 Å². The molecule has 4 nitrogen and oxygen atoms in total. The highest BCUT2D eigenvalue weighted by Gasteiger charge is 2.07. The molecular weight excluding hydrogens is 308 g/mol. The van der Waals surface area contributed by atoms with Crippen molar-refractivity contribution in [3.63, 3.8) is 0 Å². The molecule has 1 aromatic carbocycles. The minimum Gasteiger partial charge on any atom is -0.444 e. The number of halogens is 1. The maximum Gasteiger partial charge on any atom is 0.230 e. The molecule has 6 heteroatoms. The first kappa shape index (κ1) is 15.9. The number of carbonyl (C=O) groups is 1. The van der Waals surface area contributed by atoms with Crippen LogP contribution >= 0.6 is 23.4 Å². The Labute approximate surface area is 133 Å². The second-order valence-corrected chi connectivity index (χ2v) is 6.07. The summed E-state index contributed by atoms with van der Waals surface area (Å²) in [5.41, 5.74) is 2.01. The van der Waals surface area contributed by atoms with Gasteiger partial charge in [-0.2, -0.15) is 0 Å². The Morgan fingerprint density at radius 2 is 2.05 bits per heavy atom. The predicted molar refractivity (Wildman–Crippen MR) is 85.4 cm³/mol. The van der Waals surface area contributed by atoms with Gasteiger partial charge in [0.1, 0.15) is 5.76 Å². The van der Waals surface area contributed by atoms with Gasteiger partial charge in [-0.15, -0.1) is 11.8 Å². The summed E-state index contributed by atoms with van der Waals surface area (Å²) in [5.74, 6) is 2.49. The van der Waals surface area contributed by atoms with Gasteiger partial charge in [0, 0.05) is 10.8 Å². The van der Waals surface area contributed by atoms with Crippen LogP contribution in [0.25, 0.3) is 0 Å². The maximum atomic E-state index is 11.7. The Morgan fingerprint density at radius 3 is 2.67 bits per heavy atom. The van der Waals surface area contributed by atoms with E-state index in [9.17, 15) is 4.79 Å². The van der Waals surface area contributed by atoms with E-state index < -0.39 is 0 Å². The molecule has 1 N–H and O–H groups in total. The molecule has 0 saturated carbocycles. The Kier molecular flexibility index (Phi) is 5.70. The number of aromatic nitrogens is 1. The molecule has 0 aliphatic rings. The van der Waals surface area contributed by atoms with Gasteiger partial charge in [-0.1, -0.05) is 23.7 Å². The lowest BCUT2D eigenvalue weighted by Crippen LogP contribution is -2.24. The molecule has 21 heavy (non-hydrogen) atoms. The first-order chi connectivity index (χ1) is 10.0. The molecule has 1 heterocycles. The fourth-order valence-electron chi connectivity index (χ4n) is 1.68. The molecule has 0 aliphatic carbocycles. The van der Waals surface area contributed by atoms with E-state index in [1.807, 2.05) is 38.1 Å². The summed E-state index contributed by atoms with van der Waals surface area (Å²) >= 11 is 7.38. The molecule has 0 unspecified atom stereocenters. The number of thioether (sulfide) groups is 1. The van der Waals surface area contributed by atoms with E-state index in [4.69, 9.17) is 16.0 Å². The summed E-state index contributed by atoms with van der Waals surface area (Å²) in [6.45, 7) is 4.07. The maximum absolute atomic E-state index is 11.7. The fourth-order valence-corrected chi connectivity index (χ4v) is 2.63. The Morgan fingerprint density at radius 1 is 1.33 bits per heavy atom. The number of carbonyl (C=O) groups excluding carboxylic acids is 1. The molecule has 1 amide bonds. The van der Waals surface area contributed by atoms with Crippen molar-refractivity contribution in [2.45, 2.75) is 26.1 Å². The third kappa shape index (κ3) is 5.10. The standard InChI is InChI=1S/C15H17ClN2O2S/c1-10-11(2)20-15(18-10)7-17-14(19)9-21-8-12-3-5-13(16)6-4-12/h3-6H,7-9H2,1-2H3,(H,17,19). The Hall–Kier alpha value is -1.46. The second kappa shape index (κ2) is 7.52. The average Bonchev–Trinajstić information content (AvgIpc) is 2.78. The van der Waals surface area contributed by atoms with E-state index >= 15 is 0 Å². The number of amides is 1. The lowest BCUT2D eigenvalue weighted by Gasteiger charge is -2.03. The van der Waals surface area contributed by atoms with Crippen molar-refractivity contribution in [2.75, 3.05) is 5.75 Å². The van der Waals surface area contributed by atoms with Gasteiger partial charge in [-0.3, -0.25) is 4.79 Å². The van der Waals surface area contributed by atoms with Gasteiger partial charge in [0.15, 0.2) is 0 Å². The van der Waals surface area contributed by atoms with Gasteiger partial charge in [-0.25, -0.2) is 4.98 Å². The number of rotatable bonds is 6. The van der Waals surface area contributed by atoms with E-state index in [0.717, 1.165) is 27.8 Å². The van der Waals surface area contributed by atoms with E-state index in [2.05, 4.69) is 10.3 Å². The van der Waals surface area contributed by atoms with Crippen LogP contribution in [-0.2, 0) is 17.1 Å². The third-order valence-corrected chi connectivity index (χ3v) is 4.18. The van der Waals surface area contributed by atoms with E-state index in [-0.39, 0.29) is 5.91 Å². The minimum atomic E-state index is -0.0255. The summed E-state index contributed by atoms with van der Waals surface area (Å²) in [5, 5.41) is 3.52. The fraction of sp³-hybridized carbons (Fsp3) is 0.333. The van der Waals surface area contributed by atoms with Crippen molar-refractivity contribution in [3.05, 3.63) is 52.2 Å². The van der Waals surface area contributed by atoms with Crippen molar-refractivity contribution in [1.29, 1.82) is 0 Å². The second-order valence-electron chi connectivity index (χ2n) is 4.65. The van der Waals surface area contributed by atoms with Crippen LogP contribution in [0.5, 0.6) is 0 Å². The smallest absolute Gasteiger partial charge is 0.230 e.